The Morgan fingerprint density at radius 1 is 1.00 bits per heavy atom. The zero-order valence-corrected chi connectivity index (χ0v) is 7.14. The molecule has 12 heavy (non-hydrogen) atoms. The van der Waals surface area contributed by atoms with Crippen LogP contribution >= 0.6 is 15.9 Å². The van der Waals surface area contributed by atoms with E-state index in [1.54, 1.807) is 0 Å². The van der Waals surface area contributed by atoms with Crippen molar-refractivity contribution < 1.29 is 31.1 Å². The third-order valence-corrected chi connectivity index (χ3v) is 1.89. The van der Waals surface area contributed by atoms with Gasteiger partial charge in [-0.1, -0.05) is 0 Å². The van der Waals surface area contributed by atoms with Crippen LogP contribution in [0.1, 0.15) is 0 Å². The Balaban J connectivity index is 4.85. The first-order chi connectivity index (χ1) is 5.06. The SMILES string of the molecule is COC(F)(F)C(F)(Br)C(F)(F)F. The summed E-state index contributed by atoms with van der Waals surface area (Å²) in [6.45, 7) is 0. The van der Waals surface area contributed by atoms with Crippen LogP contribution in [0.5, 0.6) is 0 Å². The number of alkyl halides is 7. The fourth-order valence-corrected chi connectivity index (χ4v) is 0.455. The van der Waals surface area contributed by atoms with Gasteiger partial charge < -0.3 is 4.74 Å². The van der Waals surface area contributed by atoms with Gasteiger partial charge in [0.15, 0.2) is 0 Å². The molecule has 1 unspecified atom stereocenters. The minimum atomic E-state index is -5.74. The molecule has 0 rings (SSSR count). The van der Waals surface area contributed by atoms with Crippen molar-refractivity contribution in [3.8, 4) is 0 Å². The number of halogens is 7. The first-order valence-electron chi connectivity index (χ1n) is 2.44. The van der Waals surface area contributed by atoms with Crippen molar-refractivity contribution in [2.75, 3.05) is 7.11 Å². The monoisotopic (exact) mass is 260 g/mol. The summed E-state index contributed by atoms with van der Waals surface area (Å²) in [5, 5.41) is 0. The second-order valence-corrected chi connectivity index (χ2v) is 2.89. The molecule has 0 aromatic rings. The van der Waals surface area contributed by atoms with E-state index >= 15 is 0 Å². The highest BCUT2D eigenvalue weighted by molar-refractivity contribution is 9.10. The molecule has 0 aliphatic heterocycles. The van der Waals surface area contributed by atoms with Crippen LogP contribution in [0.15, 0.2) is 0 Å². The van der Waals surface area contributed by atoms with Crippen molar-refractivity contribution in [2.24, 2.45) is 0 Å². The molecule has 0 heterocycles. The lowest BCUT2D eigenvalue weighted by Gasteiger charge is -2.28. The highest BCUT2D eigenvalue weighted by Gasteiger charge is 2.71. The number of hydrogen-bond acceptors (Lipinski definition) is 1. The molecule has 0 saturated heterocycles. The van der Waals surface area contributed by atoms with Gasteiger partial charge in [-0.2, -0.15) is 22.0 Å². The van der Waals surface area contributed by atoms with E-state index < -0.39 is 16.9 Å². The molecule has 0 fully saturated rings. The molecular formula is C4H3BrF6O. The van der Waals surface area contributed by atoms with Crippen molar-refractivity contribution in [1.29, 1.82) is 0 Å². The van der Waals surface area contributed by atoms with Crippen LogP contribution in [-0.2, 0) is 4.74 Å². The minimum Gasteiger partial charge on any atom is -0.320 e. The highest BCUT2D eigenvalue weighted by Crippen LogP contribution is 2.49. The van der Waals surface area contributed by atoms with Crippen LogP contribution in [0, 0.1) is 0 Å². The van der Waals surface area contributed by atoms with E-state index in [0.29, 0.717) is 0 Å². The predicted octanol–water partition coefficient (Wildman–Crippen LogP) is 2.85. The van der Waals surface area contributed by atoms with E-state index in [-0.39, 0.29) is 7.11 Å². The average Bonchev–Trinajstić information content (AvgIpc) is 1.85. The van der Waals surface area contributed by atoms with Crippen molar-refractivity contribution >= 4 is 15.9 Å². The second-order valence-electron chi connectivity index (χ2n) is 1.79. The molecule has 0 radical (unpaired) electrons. The van der Waals surface area contributed by atoms with Crippen molar-refractivity contribution in [2.45, 2.75) is 16.9 Å². The van der Waals surface area contributed by atoms with Crippen molar-refractivity contribution in [1.82, 2.24) is 0 Å². The summed E-state index contributed by atoms with van der Waals surface area (Å²) in [4.78, 5) is 0. The molecule has 0 aromatic carbocycles. The second kappa shape index (κ2) is 3.06. The van der Waals surface area contributed by atoms with Gasteiger partial charge in [-0.3, -0.25) is 0 Å². The van der Waals surface area contributed by atoms with Gasteiger partial charge in [0.1, 0.15) is 0 Å². The Labute approximate surface area is 71.8 Å². The summed E-state index contributed by atoms with van der Waals surface area (Å²) in [6.07, 6.45) is -10.7. The lowest BCUT2D eigenvalue weighted by molar-refractivity contribution is -0.339. The lowest BCUT2D eigenvalue weighted by atomic mass is 10.3. The number of hydrogen-bond donors (Lipinski definition) is 0. The third-order valence-electron chi connectivity index (χ3n) is 0.978. The number of ether oxygens (including phenoxy) is 1. The Kier molecular flexibility index (Phi) is 3.06. The summed E-state index contributed by atoms with van der Waals surface area (Å²) >= 11 is 1.22. The van der Waals surface area contributed by atoms with Gasteiger partial charge in [-0.25, -0.2) is 4.39 Å². The molecule has 1 nitrogen and oxygen atoms in total. The molecule has 0 aromatic heterocycles. The highest BCUT2D eigenvalue weighted by atomic mass is 79.9. The largest absolute Gasteiger partial charge is 0.441 e. The van der Waals surface area contributed by atoms with Gasteiger partial charge >= 0.3 is 16.9 Å². The molecule has 0 spiro atoms. The fraction of sp³-hybridized carbons (Fsp3) is 1.00. The van der Waals surface area contributed by atoms with Crippen molar-refractivity contribution in [3.05, 3.63) is 0 Å². The first kappa shape index (κ1) is 12.0. The normalized spacial score (nSPS) is 19.0. The fourth-order valence-electron chi connectivity index (χ4n) is 0.293. The summed E-state index contributed by atoms with van der Waals surface area (Å²) in [5.74, 6) is 0. The van der Waals surface area contributed by atoms with Crippen LogP contribution < -0.4 is 0 Å². The molecule has 0 aliphatic rings. The minimum absolute atomic E-state index is 0.265. The molecule has 0 aliphatic carbocycles. The van der Waals surface area contributed by atoms with E-state index in [0.717, 1.165) is 0 Å². The quantitative estimate of drug-likeness (QED) is 0.548. The zero-order valence-electron chi connectivity index (χ0n) is 5.55. The van der Waals surface area contributed by atoms with Crippen LogP contribution in [0.25, 0.3) is 0 Å². The van der Waals surface area contributed by atoms with E-state index in [2.05, 4.69) is 4.74 Å². The maximum absolute atomic E-state index is 12.3. The summed E-state index contributed by atoms with van der Waals surface area (Å²) in [6, 6.07) is 0. The van der Waals surface area contributed by atoms with Crippen molar-refractivity contribution in [3.63, 3.8) is 0 Å². The van der Waals surface area contributed by atoms with E-state index in [9.17, 15) is 26.3 Å². The Morgan fingerprint density at radius 2 is 1.33 bits per heavy atom. The Hall–Kier alpha value is 0.0200. The van der Waals surface area contributed by atoms with Crippen LogP contribution in [0.4, 0.5) is 26.3 Å². The van der Waals surface area contributed by atoms with Gasteiger partial charge in [0.2, 0.25) is 0 Å². The number of rotatable bonds is 2. The maximum Gasteiger partial charge on any atom is 0.441 e. The summed E-state index contributed by atoms with van der Waals surface area (Å²) in [5.41, 5.74) is 0. The summed E-state index contributed by atoms with van der Waals surface area (Å²) < 4.78 is 69.2. The number of methoxy groups -OCH3 is 1. The van der Waals surface area contributed by atoms with E-state index in [1.165, 1.54) is 15.9 Å². The van der Waals surface area contributed by atoms with Gasteiger partial charge in [-0.15, -0.1) is 0 Å². The predicted molar refractivity (Wildman–Crippen MR) is 30.8 cm³/mol. The molecule has 0 bridgehead atoms. The van der Waals surface area contributed by atoms with Gasteiger partial charge in [-0.05, 0) is 15.9 Å². The van der Waals surface area contributed by atoms with Gasteiger partial charge in [0.05, 0.1) is 0 Å². The van der Waals surface area contributed by atoms with Gasteiger partial charge in [0.25, 0.3) is 0 Å². The maximum atomic E-state index is 12.3. The van der Waals surface area contributed by atoms with Gasteiger partial charge in [0, 0.05) is 7.11 Å². The first-order valence-corrected chi connectivity index (χ1v) is 3.23. The van der Waals surface area contributed by atoms with Crippen LogP contribution in [0.3, 0.4) is 0 Å². The Morgan fingerprint density at radius 3 is 1.42 bits per heavy atom. The topological polar surface area (TPSA) is 9.23 Å². The van der Waals surface area contributed by atoms with Crippen LogP contribution in [-0.4, -0.2) is 24.0 Å². The summed E-state index contributed by atoms with van der Waals surface area (Å²) in [7, 11) is 0.265. The average molecular weight is 261 g/mol. The van der Waals surface area contributed by atoms with E-state index in [4.69, 9.17) is 0 Å². The molecule has 0 saturated carbocycles. The molecule has 0 amide bonds. The molecular weight excluding hydrogens is 258 g/mol. The standard InChI is InChI=1S/C4H3BrF6O/c1-12-4(10,11)2(5,6)3(7,8)9/h1H3. The molecule has 74 valence electrons. The molecule has 1 atom stereocenters. The Bertz CT molecular complexity index is 163. The smallest absolute Gasteiger partial charge is 0.320 e. The molecule has 0 N–H and O–H groups in total. The van der Waals surface area contributed by atoms with E-state index in [1.807, 2.05) is 0 Å². The lowest BCUT2D eigenvalue weighted by Crippen LogP contribution is -2.51. The van der Waals surface area contributed by atoms with Crippen LogP contribution in [0.2, 0.25) is 0 Å². The zero-order chi connectivity index (χ0) is 10.2. The molecule has 8 heteroatoms. The third kappa shape index (κ3) is 1.85.